The van der Waals surface area contributed by atoms with Crippen molar-refractivity contribution in [1.82, 2.24) is 19.8 Å². The standard InChI is InChI=1S/C23H21N5O2S/c1-12-5-6-16(14(3)7-12)18-11-31-23-25-22(26-28(18)23)24-20(29)10-17-21-15(4)8-13(2)9-19(21)30-27-17/h5-9,11H,10H2,1-4H3,(H,24,26,29). The lowest BCUT2D eigenvalue weighted by Crippen LogP contribution is -2.16. The van der Waals surface area contributed by atoms with E-state index in [0.29, 0.717) is 11.3 Å². The molecule has 0 fully saturated rings. The second kappa shape index (κ2) is 7.31. The van der Waals surface area contributed by atoms with Crippen molar-refractivity contribution in [3.8, 4) is 11.3 Å². The zero-order valence-electron chi connectivity index (χ0n) is 17.7. The molecule has 1 amide bonds. The van der Waals surface area contributed by atoms with Gasteiger partial charge in [-0.05, 0) is 50.5 Å². The average molecular weight is 432 g/mol. The van der Waals surface area contributed by atoms with E-state index in [9.17, 15) is 4.79 Å². The van der Waals surface area contributed by atoms with E-state index in [4.69, 9.17) is 4.52 Å². The lowest BCUT2D eigenvalue weighted by Gasteiger charge is -2.05. The van der Waals surface area contributed by atoms with Gasteiger partial charge in [0, 0.05) is 16.3 Å². The van der Waals surface area contributed by atoms with Gasteiger partial charge in [-0.25, -0.2) is 4.52 Å². The van der Waals surface area contributed by atoms with Gasteiger partial charge >= 0.3 is 0 Å². The fourth-order valence-corrected chi connectivity index (χ4v) is 4.80. The smallest absolute Gasteiger partial charge is 0.250 e. The summed E-state index contributed by atoms with van der Waals surface area (Å²) >= 11 is 1.49. The Morgan fingerprint density at radius 2 is 1.90 bits per heavy atom. The molecule has 0 bridgehead atoms. The summed E-state index contributed by atoms with van der Waals surface area (Å²) in [5, 5.41) is 14.3. The van der Waals surface area contributed by atoms with Gasteiger partial charge in [0.15, 0.2) is 5.58 Å². The van der Waals surface area contributed by atoms with E-state index in [2.05, 4.69) is 58.7 Å². The van der Waals surface area contributed by atoms with Gasteiger partial charge in [0.1, 0.15) is 5.69 Å². The number of amides is 1. The number of carbonyl (C=O) groups excluding carboxylic acids is 1. The van der Waals surface area contributed by atoms with Crippen LogP contribution in [0.5, 0.6) is 0 Å². The predicted octanol–water partition coefficient (Wildman–Crippen LogP) is 5.01. The van der Waals surface area contributed by atoms with Crippen LogP contribution in [0.4, 0.5) is 5.95 Å². The first-order valence-corrected chi connectivity index (χ1v) is 10.8. The Balaban J connectivity index is 1.40. The number of aryl methyl sites for hydroxylation is 4. The molecule has 8 heteroatoms. The van der Waals surface area contributed by atoms with Crippen molar-refractivity contribution in [2.45, 2.75) is 34.1 Å². The van der Waals surface area contributed by atoms with Crippen molar-refractivity contribution in [3.05, 3.63) is 63.7 Å². The molecule has 1 N–H and O–H groups in total. The van der Waals surface area contributed by atoms with E-state index in [1.165, 1.54) is 22.5 Å². The van der Waals surface area contributed by atoms with Crippen molar-refractivity contribution in [2.24, 2.45) is 0 Å². The Hall–Kier alpha value is -3.52. The van der Waals surface area contributed by atoms with Crippen molar-refractivity contribution >= 4 is 39.1 Å². The van der Waals surface area contributed by atoms with Crippen molar-refractivity contribution < 1.29 is 9.32 Å². The number of thiazole rings is 1. The normalized spacial score (nSPS) is 11.5. The molecule has 31 heavy (non-hydrogen) atoms. The molecular weight excluding hydrogens is 410 g/mol. The Bertz CT molecular complexity index is 1460. The Labute approximate surface area is 182 Å². The van der Waals surface area contributed by atoms with Gasteiger partial charge in [-0.3, -0.25) is 10.1 Å². The molecule has 0 spiro atoms. The van der Waals surface area contributed by atoms with Crippen LogP contribution < -0.4 is 5.32 Å². The molecule has 2 aromatic carbocycles. The van der Waals surface area contributed by atoms with Crippen LogP contribution in [-0.2, 0) is 11.2 Å². The molecule has 0 aliphatic heterocycles. The average Bonchev–Trinajstić information content (AvgIpc) is 3.37. The molecule has 0 unspecified atom stereocenters. The molecule has 0 saturated carbocycles. The maximum Gasteiger partial charge on any atom is 0.250 e. The minimum atomic E-state index is -0.235. The molecule has 0 radical (unpaired) electrons. The highest BCUT2D eigenvalue weighted by molar-refractivity contribution is 7.15. The predicted molar refractivity (Wildman–Crippen MR) is 122 cm³/mol. The third-order valence-electron chi connectivity index (χ3n) is 5.31. The first-order valence-electron chi connectivity index (χ1n) is 9.96. The van der Waals surface area contributed by atoms with E-state index < -0.39 is 0 Å². The minimum Gasteiger partial charge on any atom is -0.356 e. The summed E-state index contributed by atoms with van der Waals surface area (Å²) in [7, 11) is 0. The van der Waals surface area contributed by atoms with Crippen molar-refractivity contribution in [1.29, 1.82) is 0 Å². The first-order chi connectivity index (χ1) is 14.9. The van der Waals surface area contributed by atoms with E-state index >= 15 is 0 Å². The number of fused-ring (bicyclic) bond motifs is 2. The fourth-order valence-electron chi connectivity index (χ4n) is 3.98. The SMILES string of the molecule is Cc1ccc(-c2csc3nc(NC(=O)Cc4noc5cc(C)cc(C)c45)nn23)c(C)c1. The molecule has 0 atom stereocenters. The highest BCUT2D eigenvalue weighted by atomic mass is 32.1. The van der Waals surface area contributed by atoms with Crippen molar-refractivity contribution in [3.63, 3.8) is 0 Å². The highest BCUT2D eigenvalue weighted by Crippen LogP contribution is 2.29. The van der Waals surface area contributed by atoms with E-state index in [-0.39, 0.29) is 18.3 Å². The maximum atomic E-state index is 12.7. The highest BCUT2D eigenvalue weighted by Gasteiger charge is 2.18. The number of carbonyl (C=O) groups is 1. The Morgan fingerprint density at radius 3 is 2.71 bits per heavy atom. The fraction of sp³-hybridized carbons (Fsp3) is 0.217. The number of nitrogens with one attached hydrogen (secondary N) is 1. The van der Waals surface area contributed by atoms with Gasteiger partial charge < -0.3 is 4.52 Å². The summed E-state index contributed by atoms with van der Waals surface area (Å²) in [5.74, 6) is 0.0460. The van der Waals surface area contributed by atoms with Crippen LogP contribution in [0.1, 0.15) is 27.9 Å². The first kappa shape index (κ1) is 19.4. The number of aromatic nitrogens is 4. The lowest BCUT2D eigenvalue weighted by atomic mass is 10.0. The Kier molecular flexibility index (Phi) is 4.59. The largest absolute Gasteiger partial charge is 0.356 e. The van der Waals surface area contributed by atoms with Crippen LogP contribution in [0.2, 0.25) is 0 Å². The van der Waals surface area contributed by atoms with Crippen molar-refractivity contribution in [2.75, 3.05) is 5.32 Å². The number of nitrogens with zero attached hydrogens (tertiary/aromatic N) is 4. The summed E-state index contributed by atoms with van der Waals surface area (Å²) < 4.78 is 7.19. The molecule has 5 aromatic rings. The third kappa shape index (κ3) is 3.48. The number of benzene rings is 2. The number of hydrogen-bond donors (Lipinski definition) is 1. The van der Waals surface area contributed by atoms with Crippen LogP contribution in [0.3, 0.4) is 0 Å². The monoisotopic (exact) mass is 431 g/mol. The van der Waals surface area contributed by atoms with Gasteiger partial charge in [-0.2, -0.15) is 4.98 Å². The van der Waals surface area contributed by atoms with Crippen LogP contribution >= 0.6 is 11.3 Å². The lowest BCUT2D eigenvalue weighted by molar-refractivity contribution is -0.115. The van der Waals surface area contributed by atoms with E-state index in [0.717, 1.165) is 32.7 Å². The molecular formula is C23H21N5O2S. The van der Waals surface area contributed by atoms with Gasteiger partial charge in [0.25, 0.3) is 0 Å². The van der Waals surface area contributed by atoms with Crippen LogP contribution in [0, 0.1) is 27.7 Å². The van der Waals surface area contributed by atoms with Gasteiger partial charge in [0.05, 0.1) is 12.1 Å². The second-order valence-electron chi connectivity index (χ2n) is 7.88. The summed E-state index contributed by atoms with van der Waals surface area (Å²) in [6.45, 7) is 8.15. The summed E-state index contributed by atoms with van der Waals surface area (Å²) in [6, 6.07) is 10.3. The van der Waals surface area contributed by atoms with Gasteiger partial charge in [0.2, 0.25) is 16.8 Å². The molecule has 5 rings (SSSR count). The molecule has 7 nitrogen and oxygen atoms in total. The zero-order valence-corrected chi connectivity index (χ0v) is 18.5. The molecule has 3 heterocycles. The maximum absolute atomic E-state index is 12.7. The quantitative estimate of drug-likeness (QED) is 0.432. The molecule has 0 aliphatic carbocycles. The van der Waals surface area contributed by atoms with Crippen LogP contribution in [0.25, 0.3) is 27.2 Å². The summed E-state index contributed by atoms with van der Waals surface area (Å²) in [4.78, 5) is 17.9. The van der Waals surface area contributed by atoms with E-state index in [1.54, 1.807) is 4.52 Å². The molecule has 0 saturated heterocycles. The van der Waals surface area contributed by atoms with Crippen LogP contribution in [-0.4, -0.2) is 25.7 Å². The van der Waals surface area contributed by atoms with E-state index in [1.807, 2.05) is 25.3 Å². The second-order valence-corrected chi connectivity index (χ2v) is 8.71. The number of anilines is 1. The molecule has 156 valence electrons. The minimum absolute atomic E-state index is 0.0910. The number of hydrogen-bond acceptors (Lipinski definition) is 6. The molecule has 3 aromatic heterocycles. The summed E-state index contributed by atoms with van der Waals surface area (Å²) in [5.41, 5.74) is 7.88. The van der Waals surface area contributed by atoms with Gasteiger partial charge in [-0.1, -0.05) is 35.0 Å². The summed E-state index contributed by atoms with van der Waals surface area (Å²) in [6.07, 6.45) is 0.0910. The topological polar surface area (TPSA) is 85.3 Å². The third-order valence-corrected chi connectivity index (χ3v) is 6.12. The zero-order chi connectivity index (χ0) is 21.7. The van der Waals surface area contributed by atoms with Crippen LogP contribution in [0.15, 0.2) is 40.2 Å². The van der Waals surface area contributed by atoms with Gasteiger partial charge in [-0.15, -0.1) is 16.4 Å². The Morgan fingerprint density at radius 1 is 1.10 bits per heavy atom. The number of rotatable bonds is 4. The molecule has 0 aliphatic rings.